The van der Waals surface area contributed by atoms with E-state index < -0.39 is 0 Å². The summed E-state index contributed by atoms with van der Waals surface area (Å²) in [4.78, 5) is 21.4. The Morgan fingerprint density at radius 1 is 0.900 bits per heavy atom. The summed E-state index contributed by atoms with van der Waals surface area (Å²) < 4.78 is 0. The highest BCUT2D eigenvalue weighted by Gasteiger charge is 2.24. The van der Waals surface area contributed by atoms with Crippen molar-refractivity contribution in [3.05, 3.63) is 70.9 Å². The van der Waals surface area contributed by atoms with E-state index in [1.54, 1.807) is 0 Å². The average Bonchev–Trinajstić information content (AvgIpc) is 2.76. The molecular formula is C23H26N6O. The molecule has 1 amide bonds. The lowest BCUT2D eigenvalue weighted by atomic mass is 10.0. The number of nitrogens with zero attached hydrogens (tertiary/aromatic N) is 5. The molecule has 7 heteroatoms. The second-order valence-electron chi connectivity index (χ2n) is 7.66. The van der Waals surface area contributed by atoms with Crippen molar-refractivity contribution < 1.29 is 4.79 Å². The van der Waals surface area contributed by atoms with Crippen LogP contribution in [0.2, 0.25) is 0 Å². The van der Waals surface area contributed by atoms with Crippen molar-refractivity contribution >= 4 is 23.4 Å². The molecule has 1 N–H and O–H groups in total. The van der Waals surface area contributed by atoms with Crippen LogP contribution in [0.3, 0.4) is 0 Å². The second-order valence-corrected chi connectivity index (χ2v) is 7.66. The van der Waals surface area contributed by atoms with Crippen molar-refractivity contribution in [3.63, 3.8) is 0 Å². The zero-order chi connectivity index (χ0) is 21.1. The Balaban J connectivity index is 1.37. The fourth-order valence-electron chi connectivity index (χ4n) is 3.58. The van der Waals surface area contributed by atoms with Crippen LogP contribution >= 0.6 is 0 Å². The lowest BCUT2D eigenvalue weighted by Crippen LogP contribution is -2.49. The summed E-state index contributed by atoms with van der Waals surface area (Å²) in [6, 6.07) is 15.7. The first-order chi connectivity index (χ1) is 14.5. The molecule has 7 nitrogen and oxygen atoms in total. The third kappa shape index (κ3) is 4.40. The fraction of sp³-hybridized carbons (Fsp3) is 0.304. The molecule has 0 atom stereocenters. The normalized spacial score (nSPS) is 14.0. The number of amides is 1. The summed E-state index contributed by atoms with van der Waals surface area (Å²) in [7, 11) is 0. The van der Waals surface area contributed by atoms with Crippen LogP contribution < -0.4 is 10.2 Å². The predicted octanol–water partition coefficient (Wildman–Crippen LogP) is 3.50. The smallest absolute Gasteiger partial charge is 0.254 e. The Hall–Kier alpha value is -3.48. The number of benzene rings is 1. The summed E-state index contributed by atoms with van der Waals surface area (Å²) in [6.45, 7) is 8.75. The minimum Gasteiger partial charge on any atom is -0.352 e. The van der Waals surface area contributed by atoms with E-state index in [4.69, 9.17) is 0 Å². The maximum absolute atomic E-state index is 12.9. The van der Waals surface area contributed by atoms with Crippen LogP contribution in [0.4, 0.5) is 17.5 Å². The Morgan fingerprint density at radius 3 is 2.40 bits per heavy atom. The van der Waals surface area contributed by atoms with Gasteiger partial charge in [-0.15, -0.1) is 10.2 Å². The molecule has 1 fully saturated rings. The topological polar surface area (TPSA) is 74.2 Å². The van der Waals surface area contributed by atoms with Crippen LogP contribution in [-0.2, 0) is 0 Å². The van der Waals surface area contributed by atoms with Crippen LogP contribution in [0.25, 0.3) is 0 Å². The highest BCUT2D eigenvalue weighted by Crippen LogP contribution is 2.19. The zero-order valence-electron chi connectivity index (χ0n) is 17.6. The van der Waals surface area contributed by atoms with Gasteiger partial charge in [-0.25, -0.2) is 4.98 Å². The van der Waals surface area contributed by atoms with Gasteiger partial charge in [-0.05, 0) is 56.7 Å². The molecule has 30 heavy (non-hydrogen) atoms. The third-order valence-electron chi connectivity index (χ3n) is 5.31. The van der Waals surface area contributed by atoms with Crippen LogP contribution in [0.15, 0.2) is 48.5 Å². The van der Waals surface area contributed by atoms with E-state index >= 15 is 0 Å². The van der Waals surface area contributed by atoms with Gasteiger partial charge in [-0.1, -0.05) is 23.8 Å². The van der Waals surface area contributed by atoms with Gasteiger partial charge in [0.15, 0.2) is 11.6 Å². The van der Waals surface area contributed by atoms with Crippen LogP contribution in [0.1, 0.15) is 27.2 Å². The third-order valence-corrected chi connectivity index (χ3v) is 5.31. The molecule has 3 aromatic rings. The summed E-state index contributed by atoms with van der Waals surface area (Å²) in [5.74, 6) is 2.32. The fourth-order valence-corrected chi connectivity index (χ4v) is 3.58. The van der Waals surface area contributed by atoms with E-state index in [-0.39, 0.29) is 5.91 Å². The van der Waals surface area contributed by atoms with Gasteiger partial charge >= 0.3 is 0 Å². The molecule has 3 heterocycles. The van der Waals surface area contributed by atoms with Crippen molar-refractivity contribution in [1.82, 2.24) is 20.1 Å². The highest BCUT2D eigenvalue weighted by molar-refractivity contribution is 5.96. The van der Waals surface area contributed by atoms with Gasteiger partial charge in [-0.2, -0.15) is 0 Å². The Morgan fingerprint density at radius 2 is 1.70 bits per heavy atom. The number of hydrogen-bond acceptors (Lipinski definition) is 6. The van der Waals surface area contributed by atoms with Gasteiger partial charge in [0, 0.05) is 37.4 Å². The van der Waals surface area contributed by atoms with Crippen molar-refractivity contribution in [2.75, 3.05) is 36.4 Å². The minimum atomic E-state index is 0.104. The summed E-state index contributed by atoms with van der Waals surface area (Å²) >= 11 is 0. The van der Waals surface area contributed by atoms with Crippen molar-refractivity contribution in [2.45, 2.75) is 20.8 Å². The van der Waals surface area contributed by atoms with Gasteiger partial charge < -0.3 is 15.1 Å². The Kier molecular flexibility index (Phi) is 5.61. The number of piperazine rings is 1. The predicted molar refractivity (Wildman–Crippen MR) is 118 cm³/mol. The summed E-state index contributed by atoms with van der Waals surface area (Å²) in [5.41, 5.74) is 3.86. The molecule has 1 aromatic carbocycles. The number of hydrogen-bond donors (Lipinski definition) is 1. The molecule has 1 aliphatic rings. The number of rotatable bonds is 4. The first kappa shape index (κ1) is 19.8. The zero-order valence-corrected chi connectivity index (χ0v) is 17.6. The van der Waals surface area contributed by atoms with Crippen LogP contribution in [-0.4, -0.2) is 52.2 Å². The van der Waals surface area contributed by atoms with Crippen molar-refractivity contribution in [1.29, 1.82) is 0 Å². The number of nitrogens with one attached hydrogen (secondary N) is 1. The highest BCUT2D eigenvalue weighted by atomic mass is 16.2. The van der Waals surface area contributed by atoms with E-state index in [0.29, 0.717) is 18.9 Å². The van der Waals surface area contributed by atoms with E-state index in [0.717, 1.165) is 47.1 Å². The monoisotopic (exact) mass is 402 g/mol. The summed E-state index contributed by atoms with van der Waals surface area (Å²) in [6.07, 6.45) is 0. The van der Waals surface area contributed by atoms with Gasteiger partial charge in [0.1, 0.15) is 5.82 Å². The van der Waals surface area contributed by atoms with Crippen molar-refractivity contribution in [3.8, 4) is 0 Å². The summed E-state index contributed by atoms with van der Waals surface area (Å²) in [5, 5.41) is 11.8. The van der Waals surface area contributed by atoms with E-state index in [1.807, 2.05) is 74.2 Å². The van der Waals surface area contributed by atoms with Gasteiger partial charge in [0.05, 0.1) is 0 Å². The first-order valence-electron chi connectivity index (χ1n) is 10.2. The van der Waals surface area contributed by atoms with Gasteiger partial charge in [-0.3, -0.25) is 4.79 Å². The van der Waals surface area contributed by atoms with Gasteiger partial charge in [0.25, 0.3) is 5.91 Å². The number of pyridine rings is 1. The quantitative estimate of drug-likeness (QED) is 0.720. The van der Waals surface area contributed by atoms with Gasteiger partial charge in [0.2, 0.25) is 0 Å². The molecule has 154 valence electrons. The van der Waals surface area contributed by atoms with Crippen LogP contribution in [0.5, 0.6) is 0 Å². The molecule has 4 rings (SSSR count). The SMILES string of the molecule is Cc1ccc(C)c(C(=O)N2CCN(c3ccc(Nc4cccc(C)n4)nn3)CC2)c1. The molecule has 0 unspecified atom stereocenters. The Labute approximate surface area is 176 Å². The second kappa shape index (κ2) is 8.49. The molecule has 0 spiro atoms. The van der Waals surface area contributed by atoms with Crippen molar-refractivity contribution in [2.24, 2.45) is 0 Å². The average molecular weight is 403 g/mol. The number of carbonyl (C=O) groups is 1. The maximum Gasteiger partial charge on any atom is 0.254 e. The lowest BCUT2D eigenvalue weighted by Gasteiger charge is -2.35. The molecule has 0 aliphatic carbocycles. The molecule has 0 saturated carbocycles. The number of anilines is 3. The molecule has 1 saturated heterocycles. The largest absolute Gasteiger partial charge is 0.352 e. The number of aromatic nitrogens is 3. The van der Waals surface area contributed by atoms with E-state index in [9.17, 15) is 4.79 Å². The molecular weight excluding hydrogens is 376 g/mol. The van der Waals surface area contributed by atoms with E-state index in [2.05, 4.69) is 25.4 Å². The molecule has 1 aliphatic heterocycles. The number of carbonyl (C=O) groups excluding carboxylic acids is 1. The maximum atomic E-state index is 12.9. The molecule has 2 aromatic heterocycles. The molecule has 0 bridgehead atoms. The van der Waals surface area contributed by atoms with Crippen LogP contribution in [0, 0.1) is 20.8 Å². The number of aryl methyl sites for hydroxylation is 3. The first-order valence-corrected chi connectivity index (χ1v) is 10.2. The molecule has 0 radical (unpaired) electrons. The van der Waals surface area contributed by atoms with E-state index in [1.165, 1.54) is 0 Å². The lowest BCUT2D eigenvalue weighted by molar-refractivity contribution is 0.0745. The minimum absolute atomic E-state index is 0.104. The standard InChI is InChI=1S/C23H26N6O/c1-16-7-8-17(2)19(15-16)23(30)29-13-11-28(12-14-29)22-10-9-21(26-27-22)25-20-6-4-5-18(3)24-20/h4-10,15H,11-14H2,1-3H3,(H,24,25,26). The Bertz CT molecular complexity index is 1040.